The maximum absolute atomic E-state index is 13.2. The number of Topliss-reactive ketones (excluding diaryl/α,β-unsaturated/α-hetero) is 1. The van der Waals surface area contributed by atoms with Crippen LogP contribution in [-0.2, 0) is 9.59 Å². The van der Waals surface area contributed by atoms with Gasteiger partial charge in [0, 0.05) is 18.7 Å². The average Bonchev–Trinajstić information content (AvgIpc) is 3.36. The van der Waals surface area contributed by atoms with Gasteiger partial charge in [0.1, 0.15) is 5.76 Å². The van der Waals surface area contributed by atoms with Crippen LogP contribution in [0.15, 0.2) is 66.4 Å². The Bertz CT molecular complexity index is 1350. The van der Waals surface area contributed by atoms with Crippen LogP contribution in [0.5, 0.6) is 0 Å². The van der Waals surface area contributed by atoms with Crippen molar-refractivity contribution in [2.75, 3.05) is 27.2 Å². The van der Waals surface area contributed by atoms with Crippen LogP contribution in [-0.4, -0.2) is 68.5 Å². The summed E-state index contributed by atoms with van der Waals surface area (Å²) in [6.07, 6.45) is 2.03. The number of carbonyl (C=O) groups is 2. The molecule has 3 aromatic rings. The molecule has 36 heavy (non-hydrogen) atoms. The Balaban J connectivity index is 1.84. The highest BCUT2D eigenvalue weighted by molar-refractivity contribution is 6.46. The van der Waals surface area contributed by atoms with Gasteiger partial charge in [0.15, 0.2) is 0 Å². The third-order valence-electron chi connectivity index (χ3n) is 6.21. The van der Waals surface area contributed by atoms with Crippen LogP contribution < -0.4 is 0 Å². The highest BCUT2D eigenvalue weighted by Crippen LogP contribution is 2.40. The van der Waals surface area contributed by atoms with Crippen molar-refractivity contribution >= 4 is 23.1 Å². The van der Waals surface area contributed by atoms with Gasteiger partial charge in [-0.15, -0.1) is 0 Å². The molecule has 1 fully saturated rings. The molecule has 1 aliphatic heterocycles. The molecule has 1 aliphatic rings. The Morgan fingerprint density at radius 3 is 2.53 bits per heavy atom. The number of carbonyl (C=O) groups excluding carboxylic acids is 2. The lowest BCUT2D eigenvalue weighted by Crippen LogP contribution is -2.32. The monoisotopic (exact) mass is 489 g/mol. The number of aliphatic hydroxyl groups is 1. The molecule has 10 nitrogen and oxygen atoms in total. The number of para-hydroxylation sites is 1. The standard InChI is InChI=1S/C26H27N5O5/c1-17-21(16-27-30(17)19-10-5-4-6-11-19)24(32)22-23(18-9-7-12-20(15-18)31(35)36)29(26(34)25(22)33)14-8-13-28(2)3/h4-7,9-12,15-16,23,32H,8,13-14H2,1-3H3/b24-22+/t23-/m1/s1. The van der Waals surface area contributed by atoms with E-state index in [1.54, 1.807) is 17.7 Å². The molecule has 2 heterocycles. The Labute approximate surface area is 208 Å². The molecule has 2 aromatic carbocycles. The average molecular weight is 490 g/mol. The molecule has 1 amide bonds. The van der Waals surface area contributed by atoms with Gasteiger partial charge in [-0.1, -0.05) is 30.3 Å². The lowest BCUT2D eigenvalue weighted by molar-refractivity contribution is -0.384. The zero-order chi connectivity index (χ0) is 26.0. The van der Waals surface area contributed by atoms with Crippen LogP contribution in [0.25, 0.3) is 11.4 Å². The first-order chi connectivity index (χ1) is 17.2. The third-order valence-corrected chi connectivity index (χ3v) is 6.21. The molecule has 0 bridgehead atoms. The Morgan fingerprint density at radius 2 is 1.86 bits per heavy atom. The SMILES string of the molecule is Cc1c(/C(O)=C2\C(=O)C(=O)N(CCCN(C)C)[C@@H]2c2cccc([N+](=O)[O-])c2)cnn1-c1ccccc1. The number of likely N-dealkylation sites (tertiary alicyclic amines) is 1. The van der Waals surface area contributed by atoms with Gasteiger partial charge in [0.05, 0.1) is 39.7 Å². The minimum atomic E-state index is -0.966. The summed E-state index contributed by atoms with van der Waals surface area (Å²) >= 11 is 0. The van der Waals surface area contributed by atoms with Crippen molar-refractivity contribution in [3.63, 3.8) is 0 Å². The summed E-state index contributed by atoms with van der Waals surface area (Å²) in [6, 6.07) is 14.1. The lowest BCUT2D eigenvalue weighted by atomic mass is 9.95. The zero-order valence-electron chi connectivity index (χ0n) is 20.3. The van der Waals surface area contributed by atoms with Crippen molar-refractivity contribution < 1.29 is 19.6 Å². The van der Waals surface area contributed by atoms with E-state index >= 15 is 0 Å². The van der Waals surface area contributed by atoms with Gasteiger partial charge >= 0.3 is 0 Å². The topological polar surface area (TPSA) is 122 Å². The van der Waals surface area contributed by atoms with Crippen LogP contribution >= 0.6 is 0 Å². The molecule has 10 heteroatoms. The molecule has 1 atom stereocenters. The van der Waals surface area contributed by atoms with Crippen molar-refractivity contribution in [3.8, 4) is 5.69 Å². The van der Waals surface area contributed by atoms with Crippen LogP contribution in [0.3, 0.4) is 0 Å². The minimum absolute atomic E-state index is 0.110. The molecule has 186 valence electrons. The summed E-state index contributed by atoms with van der Waals surface area (Å²) in [5.41, 5.74) is 1.76. The van der Waals surface area contributed by atoms with E-state index < -0.39 is 22.7 Å². The Kier molecular flexibility index (Phi) is 6.98. The third kappa shape index (κ3) is 4.63. The van der Waals surface area contributed by atoms with Crippen LogP contribution in [0, 0.1) is 17.0 Å². The molecule has 0 radical (unpaired) electrons. The number of nitro groups is 1. The van der Waals surface area contributed by atoms with Crippen LogP contribution in [0.4, 0.5) is 5.69 Å². The number of amides is 1. The van der Waals surface area contributed by atoms with Crippen LogP contribution in [0.2, 0.25) is 0 Å². The number of nitrogens with zero attached hydrogens (tertiary/aromatic N) is 5. The van der Waals surface area contributed by atoms with Crippen molar-refractivity contribution in [1.82, 2.24) is 19.6 Å². The van der Waals surface area contributed by atoms with Crippen molar-refractivity contribution in [2.24, 2.45) is 0 Å². The first-order valence-corrected chi connectivity index (χ1v) is 11.5. The molecule has 0 unspecified atom stereocenters. The van der Waals surface area contributed by atoms with E-state index in [9.17, 15) is 24.8 Å². The number of rotatable bonds is 8. The van der Waals surface area contributed by atoms with Gasteiger partial charge < -0.3 is 14.9 Å². The van der Waals surface area contributed by atoms with E-state index in [4.69, 9.17) is 0 Å². The summed E-state index contributed by atoms with van der Waals surface area (Å²) in [4.78, 5) is 40.6. The predicted molar refractivity (Wildman–Crippen MR) is 134 cm³/mol. The number of hydrogen-bond donors (Lipinski definition) is 1. The number of benzene rings is 2. The Hall–Kier alpha value is -4.31. The largest absolute Gasteiger partial charge is 0.507 e. The molecule has 0 spiro atoms. The normalized spacial score (nSPS) is 17.2. The summed E-state index contributed by atoms with van der Waals surface area (Å²) in [7, 11) is 3.80. The van der Waals surface area contributed by atoms with Crippen molar-refractivity contribution in [3.05, 3.63) is 93.3 Å². The van der Waals surface area contributed by atoms with E-state index in [1.165, 1.54) is 29.3 Å². The molecular formula is C26H27N5O5. The number of nitro benzene ring substituents is 1. The number of ketones is 1. The molecule has 4 rings (SSSR count). The predicted octanol–water partition coefficient (Wildman–Crippen LogP) is 3.46. The lowest BCUT2D eigenvalue weighted by Gasteiger charge is -2.25. The van der Waals surface area contributed by atoms with Gasteiger partial charge in [0.25, 0.3) is 17.4 Å². The van der Waals surface area contributed by atoms with E-state index in [-0.39, 0.29) is 23.6 Å². The van der Waals surface area contributed by atoms with Gasteiger partial charge in [-0.3, -0.25) is 19.7 Å². The first-order valence-electron chi connectivity index (χ1n) is 11.5. The summed E-state index contributed by atoms with van der Waals surface area (Å²) in [5, 5.41) is 27.2. The summed E-state index contributed by atoms with van der Waals surface area (Å²) in [6.45, 7) is 2.67. The first kappa shape index (κ1) is 24.8. The number of non-ortho nitro benzene ring substituents is 1. The van der Waals surface area contributed by atoms with E-state index in [0.29, 0.717) is 29.8 Å². The van der Waals surface area contributed by atoms with Gasteiger partial charge in [-0.2, -0.15) is 5.10 Å². The second-order valence-corrected chi connectivity index (χ2v) is 8.89. The van der Waals surface area contributed by atoms with Crippen molar-refractivity contribution in [2.45, 2.75) is 19.4 Å². The Morgan fingerprint density at radius 1 is 1.14 bits per heavy atom. The van der Waals surface area contributed by atoms with Crippen LogP contribution in [0.1, 0.15) is 29.3 Å². The zero-order valence-corrected chi connectivity index (χ0v) is 20.3. The summed E-state index contributed by atoms with van der Waals surface area (Å²) in [5.74, 6) is -1.94. The van der Waals surface area contributed by atoms with E-state index in [0.717, 1.165) is 5.69 Å². The number of aromatic nitrogens is 2. The maximum Gasteiger partial charge on any atom is 0.295 e. The van der Waals surface area contributed by atoms with E-state index in [1.807, 2.05) is 49.3 Å². The fraction of sp³-hybridized carbons (Fsp3) is 0.269. The van der Waals surface area contributed by atoms with E-state index in [2.05, 4.69) is 5.10 Å². The molecular weight excluding hydrogens is 462 g/mol. The highest BCUT2D eigenvalue weighted by atomic mass is 16.6. The van der Waals surface area contributed by atoms with Gasteiger partial charge in [-0.25, -0.2) is 4.68 Å². The fourth-order valence-electron chi connectivity index (χ4n) is 4.44. The maximum atomic E-state index is 13.2. The second kappa shape index (κ2) is 10.1. The highest BCUT2D eigenvalue weighted by Gasteiger charge is 2.46. The molecule has 1 aromatic heterocycles. The van der Waals surface area contributed by atoms with Gasteiger partial charge in [0.2, 0.25) is 0 Å². The van der Waals surface area contributed by atoms with Crippen molar-refractivity contribution in [1.29, 1.82) is 0 Å². The number of aliphatic hydroxyl groups excluding tert-OH is 1. The second-order valence-electron chi connectivity index (χ2n) is 8.89. The molecule has 1 N–H and O–H groups in total. The quantitative estimate of drug-likeness (QED) is 0.169. The fourth-order valence-corrected chi connectivity index (χ4v) is 4.44. The smallest absolute Gasteiger partial charge is 0.295 e. The number of hydrogen-bond acceptors (Lipinski definition) is 7. The molecule has 1 saturated heterocycles. The molecule has 0 aliphatic carbocycles. The summed E-state index contributed by atoms with van der Waals surface area (Å²) < 4.78 is 1.63. The van der Waals surface area contributed by atoms with Gasteiger partial charge in [-0.05, 0) is 51.7 Å². The molecule has 0 saturated carbocycles. The minimum Gasteiger partial charge on any atom is -0.507 e.